The summed E-state index contributed by atoms with van der Waals surface area (Å²) < 4.78 is 0. The molecule has 0 bridgehead atoms. The van der Waals surface area contributed by atoms with Gasteiger partial charge in [-0.05, 0) is 31.3 Å². The molecule has 4 heterocycles. The van der Waals surface area contributed by atoms with Gasteiger partial charge in [-0.15, -0.1) is 0 Å². The Kier molecular flexibility index (Phi) is 4.57. The number of aromatic amines is 1. The van der Waals surface area contributed by atoms with Crippen molar-refractivity contribution >= 4 is 5.91 Å². The second kappa shape index (κ2) is 7.01. The summed E-state index contributed by atoms with van der Waals surface area (Å²) in [5.74, 6) is -0.180. The minimum absolute atomic E-state index is 0.180. The Morgan fingerprint density at radius 2 is 1.85 bits per heavy atom. The molecule has 2 aromatic heterocycles. The molecule has 2 aliphatic rings. The zero-order valence-corrected chi connectivity index (χ0v) is 14.9. The van der Waals surface area contributed by atoms with Crippen molar-refractivity contribution in [2.24, 2.45) is 0 Å². The molecule has 0 saturated carbocycles. The summed E-state index contributed by atoms with van der Waals surface area (Å²) in [7, 11) is 2.11. The van der Waals surface area contributed by atoms with Crippen LogP contribution < -0.4 is 5.56 Å². The molecule has 2 aliphatic heterocycles. The smallest absolute Gasteiger partial charge is 0.261 e. The molecule has 136 valence electrons. The first-order valence-corrected chi connectivity index (χ1v) is 8.97. The highest BCUT2D eigenvalue weighted by Crippen LogP contribution is 2.17. The van der Waals surface area contributed by atoms with Gasteiger partial charge in [0.1, 0.15) is 5.56 Å². The molecule has 1 amide bonds. The number of hydrogen-bond donors (Lipinski definition) is 1. The SMILES string of the molecule is CN1CCN2CCN(C(=O)c3ccc(-c4ccncc4)[nH]c3=O)C[C@H]2C1. The van der Waals surface area contributed by atoms with E-state index < -0.39 is 0 Å². The number of hydrogen-bond acceptors (Lipinski definition) is 5. The molecule has 7 heteroatoms. The maximum atomic E-state index is 12.9. The van der Waals surface area contributed by atoms with Crippen molar-refractivity contribution in [3.8, 4) is 11.3 Å². The number of aromatic nitrogens is 2. The predicted molar refractivity (Wildman–Crippen MR) is 99.1 cm³/mol. The number of amides is 1. The second-order valence-electron chi connectivity index (χ2n) is 7.05. The van der Waals surface area contributed by atoms with Crippen molar-refractivity contribution in [2.75, 3.05) is 46.3 Å². The van der Waals surface area contributed by atoms with Gasteiger partial charge >= 0.3 is 0 Å². The van der Waals surface area contributed by atoms with Crippen LogP contribution in [-0.4, -0.2) is 82.9 Å². The normalized spacial score (nSPS) is 21.4. The number of pyridine rings is 2. The van der Waals surface area contributed by atoms with Gasteiger partial charge in [-0.1, -0.05) is 0 Å². The summed E-state index contributed by atoms with van der Waals surface area (Å²) in [4.78, 5) is 38.7. The molecule has 4 rings (SSSR count). The lowest BCUT2D eigenvalue weighted by molar-refractivity contribution is 0.0189. The zero-order chi connectivity index (χ0) is 18.1. The van der Waals surface area contributed by atoms with Gasteiger partial charge < -0.3 is 14.8 Å². The first-order chi connectivity index (χ1) is 12.6. The molecule has 1 atom stereocenters. The van der Waals surface area contributed by atoms with Crippen molar-refractivity contribution < 1.29 is 4.79 Å². The molecule has 0 unspecified atom stereocenters. The maximum Gasteiger partial charge on any atom is 0.261 e. The molecule has 2 aromatic rings. The Morgan fingerprint density at radius 1 is 1.08 bits per heavy atom. The van der Waals surface area contributed by atoms with Gasteiger partial charge in [0.2, 0.25) is 0 Å². The van der Waals surface area contributed by atoms with Crippen molar-refractivity contribution in [1.82, 2.24) is 24.7 Å². The Labute approximate surface area is 152 Å². The van der Waals surface area contributed by atoms with Gasteiger partial charge in [-0.25, -0.2) is 0 Å². The van der Waals surface area contributed by atoms with Crippen LogP contribution >= 0.6 is 0 Å². The quantitative estimate of drug-likeness (QED) is 0.852. The van der Waals surface area contributed by atoms with Crippen LogP contribution in [0.2, 0.25) is 0 Å². The van der Waals surface area contributed by atoms with Crippen molar-refractivity contribution in [2.45, 2.75) is 6.04 Å². The van der Waals surface area contributed by atoms with E-state index in [1.807, 2.05) is 17.0 Å². The molecule has 2 fully saturated rings. The third-order valence-electron chi connectivity index (χ3n) is 5.31. The lowest BCUT2D eigenvalue weighted by Crippen LogP contribution is -2.62. The predicted octanol–water partition coefficient (Wildman–Crippen LogP) is 0.509. The molecule has 0 spiro atoms. The molecule has 2 saturated heterocycles. The van der Waals surface area contributed by atoms with E-state index in [1.165, 1.54) is 0 Å². The number of carbonyl (C=O) groups excluding carboxylic acids is 1. The van der Waals surface area contributed by atoms with E-state index >= 15 is 0 Å². The topological polar surface area (TPSA) is 72.5 Å². The summed E-state index contributed by atoms with van der Waals surface area (Å²) in [5.41, 5.74) is 1.43. The van der Waals surface area contributed by atoms with Gasteiger partial charge in [0.05, 0.1) is 0 Å². The standard InChI is InChI=1S/C19H23N5O2/c1-22-8-9-23-10-11-24(13-15(23)12-22)19(26)16-2-3-17(21-18(16)25)14-4-6-20-7-5-14/h2-7,15H,8-13H2,1H3,(H,21,25)/t15-/m1/s1. The minimum Gasteiger partial charge on any atom is -0.336 e. The zero-order valence-electron chi connectivity index (χ0n) is 14.9. The van der Waals surface area contributed by atoms with Gasteiger partial charge in [0.25, 0.3) is 11.5 Å². The van der Waals surface area contributed by atoms with Crippen LogP contribution in [0.5, 0.6) is 0 Å². The molecule has 0 radical (unpaired) electrons. The second-order valence-corrected chi connectivity index (χ2v) is 7.05. The number of fused-ring (bicyclic) bond motifs is 1. The van der Waals surface area contributed by atoms with E-state index in [4.69, 9.17) is 0 Å². The van der Waals surface area contributed by atoms with Gasteiger partial charge in [0.15, 0.2) is 0 Å². The Morgan fingerprint density at radius 3 is 2.62 bits per heavy atom. The van der Waals surface area contributed by atoms with Crippen LogP contribution in [0, 0.1) is 0 Å². The first-order valence-electron chi connectivity index (χ1n) is 8.97. The van der Waals surface area contributed by atoms with Crippen LogP contribution in [0.3, 0.4) is 0 Å². The number of piperazine rings is 2. The molecule has 0 aliphatic carbocycles. The largest absolute Gasteiger partial charge is 0.336 e. The molecular formula is C19H23N5O2. The average molecular weight is 353 g/mol. The fourth-order valence-electron chi connectivity index (χ4n) is 3.81. The summed E-state index contributed by atoms with van der Waals surface area (Å²) in [6.07, 6.45) is 3.35. The van der Waals surface area contributed by atoms with Gasteiger partial charge in [0, 0.05) is 69.0 Å². The summed E-state index contributed by atoms with van der Waals surface area (Å²) in [6, 6.07) is 7.42. The number of nitrogens with zero attached hydrogens (tertiary/aromatic N) is 4. The molecule has 7 nitrogen and oxygen atoms in total. The number of rotatable bonds is 2. The summed E-state index contributed by atoms with van der Waals surface area (Å²) >= 11 is 0. The maximum absolute atomic E-state index is 12.9. The van der Waals surface area contributed by atoms with Crippen molar-refractivity contribution in [1.29, 1.82) is 0 Å². The van der Waals surface area contributed by atoms with Gasteiger partial charge in [-0.2, -0.15) is 0 Å². The summed E-state index contributed by atoms with van der Waals surface area (Å²) in [6.45, 7) is 5.29. The third kappa shape index (κ3) is 3.27. The number of carbonyl (C=O) groups is 1. The van der Waals surface area contributed by atoms with E-state index in [1.54, 1.807) is 24.5 Å². The van der Waals surface area contributed by atoms with Crippen LogP contribution in [0.4, 0.5) is 0 Å². The molecule has 0 aromatic carbocycles. The van der Waals surface area contributed by atoms with Crippen LogP contribution in [0.15, 0.2) is 41.5 Å². The number of H-pyrrole nitrogens is 1. The molecular weight excluding hydrogens is 330 g/mol. The van der Waals surface area contributed by atoms with Crippen molar-refractivity contribution in [3.05, 3.63) is 52.6 Å². The lowest BCUT2D eigenvalue weighted by Gasteiger charge is -2.46. The lowest BCUT2D eigenvalue weighted by atomic mass is 10.1. The van der Waals surface area contributed by atoms with Crippen molar-refractivity contribution in [3.63, 3.8) is 0 Å². The number of nitrogens with one attached hydrogen (secondary N) is 1. The Balaban J connectivity index is 1.52. The fraction of sp³-hybridized carbons (Fsp3) is 0.421. The minimum atomic E-state index is -0.340. The monoisotopic (exact) mass is 353 g/mol. The molecule has 26 heavy (non-hydrogen) atoms. The van der Waals surface area contributed by atoms with E-state index in [-0.39, 0.29) is 17.0 Å². The third-order valence-corrected chi connectivity index (χ3v) is 5.31. The van der Waals surface area contributed by atoms with E-state index in [9.17, 15) is 9.59 Å². The van der Waals surface area contributed by atoms with Crippen LogP contribution in [0.25, 0.3) is 11.3 Å². The van der Waals surface area contributed by atoms with Gasteiger partial charge in [-0.3, -0.25) is 19.5 Å². The highest BCUT2D eigenvalue weighted by molar-refractivity contribution is 5.94. The van der Waals surface area contributed by atoms with E-state index in [2.05, 4.69) is 26.8 Å². The van der Waals surface area contributed by atoms with Crippen LogP contribution in [-0.2, 0) is 0 Å². The Hall–Kier alpha value is -2.51. The average Bonchev–Trinajstić information content (AvgIpc) is 2.67. The van der Waals surface area contributed by atoms with Crippen LogP contribution in [0.1, 0.15) is 10.4 Å². The fourth-order valence-corrected chi connectivity index (χ4v) is 3.81. The highest BCUT2D eigenvalue weighted by Gasteiger charge is 2.33. The number of likely N-dealkylation sites (N-methyl/N-ethyl adjacent to an activating group) is 1. The van der Waals surface area contributed by atoms with E-state index in [0.717, 1.165) is 31.7 Å². The van der Waals surface area contributed by atoms with E-state index in [0.29, 0.717) is 24.8 Å². The first kappa shape index (κ1) is 16.9. The molecule has 1 N–H and O–H groups in total. The summed E-state index contributed by atoms with van der Waals surface area (Å²) in [5, 5.41) is 0. The highest BCUT2D eigenvalue weighted by atomic mass is 16.2. The Bertz CT molecular complexity index is 851.